The summed E-state index contributed by atoms with van der Waals surface area (Å²) >= 11 is 0. The van der Waals surface area contributed by atoms with Gasteiger partial charge in [-0.2, -0.15) is 0 Å². The van der Waals surface area contributed by atoms with Crippen LogP contribution < -0.4 is 9.64 Å². The first-order chi connectivity index (χ1) is 15.6. The first kappa shape index (κ1) is 18.8. The molecule has 2 bridgehead atoms. The number of amides is 2. The number of carboxylic acid groups (broad SMARTS) is 1. The topological polar surface area (TPSA) is 83.9 Å². The van der Waals surface area contributed by atoms with E-state index in [-0.39, 0.29) is 23.7 Å². The second kappa shape index (κ2) is 6.79. The number of benzene rings is 3. The van der Waals surface area contributed by atoms with Crippen LogP contribution in [-0.2, 0) is 14.4 Å². The van der Waals surface area contributed by atoms with Gasteiger partial charge in [0.2, 0.25) is 11.8 Å². The second-order valence-electron chi connectivity index (χ2n) is 8.45. The average Bonchev–Trinajstić information content (AvgIpc) is 3.09. The minimum absolute atomic E-state index is 0.142. The van der Waals surface area contributed by atoms with Gasteiger partial charge in [0.1, 0.15) is 5.75 Å². The van der Waals surface area contributed by atoms with E-state index in [1.165, 1.54) is 4.90 Å². The molecule has 2 amide bonds. The van der Waals surface area contributed by atoms with Gasteiger partial charge in [0.25, 0.3) is 0 Å². The average molecular weight is 425 g/mol. The van der Waals surface area contributed by atoms with Gasteiger partial charge < -0.3 is 9.84 Å². The van der Waals surface area contributed by atoms with Gasteiger partial charge in [-0.05, 0) is 46.5 Å². The van der Waals surface area contributed by atoms with Crippen LogP contribution in [0.1, 0.15) is 34.1 Å². The van der Waals surface area contributed by atoms with Crippen LogP contribution in [0.3, 0.4) is 0 Å². The molecule has 0 aromatic heterocycles. The first-order valence-electron chi connectivity index (χ1n) is 10.6. The molecule has 32 heavy (non-hydrogen) atoms. The zero-order valence-electron chi connectivity index (χ0n) is 17.0. The van der Waals surface area contributed by atoms with Crippen molar-refractivity contribution in [2.75, 3.05) is 11.5 Å². The van der Waals surface area contributed by atoms with Gasteiger partial charge in [0.15, 0.2) is 6.61 Å². The molecule has 0 radical (unpaired) electrons. The molecular weight excluding hydrogens is 406 g/mol. The molecule has 1 N–H and O–H groups in total. The van der Waals surface area contributed by atoms with Crippen LogP contribution in [0.4, 0.5) is 5.69 Å². The molecular formula is C26H19NO5. The van der Waals surface area contributed by atoms with E-state index in [0.29, 0.717) is 11.4 Å². The number of imide groups is 1. The monoisotopic (exact) mass is 425 g/mol. The molecule has 7 rings (SSSR count). The third-order valence-corrected chi connectivity index (χ3v) is 6.91. The summed E-state index contributed by atoms with van der Waals surface area (Å²) in [4.78, 5) is 39.3. The summed E-state index contributed by atoms with van der Waals surface area (Å²) in [5.41, 5.74) is 5.02. The minimum Gasteiger partial charge on any atom is -0.482 e. The molecule has 2 atom stereocenters. The Morgan fingerprint density at radius 2 is 1.19 bits per heavy atom. The van der Waals surface area contributed by atoms with Crippen LogP contribution in [0.5, 0.6) is 5.75 Å². The molecule has 0 unspecified atom stereocenters. The maximum absolute atomic E-state index is 13.7. The Morgan fingerprint density at radius 3 is 1.59 bits per heavy atom. The van der Waals surface area contributed by atoms with Crippen LogP contribution in [-0.4, -0.2) is 29.5 Å². The van der Waals surface area contributed by atoms with Crippen molar-refractivity contribution in [2.24, 2.45) is 11.8 Å². The summed E-state index contributed by atoms with van der Waals surface area (Å²) in [5, 5.41) is 8.77. The first-order valence-corrected chi connectivity index (χ1v) is 10.6. The fraction of sp³-hybridized carbons (Fsp3) is 0.192. The number of hydrogen-bond acceptors (Lipinski definition) is 4. The Labute approximate surface area is 184 Å². The van der Waals surface area contributed by atoms with Gasteiger partial charge in [-0.15, -0.1) is 0 Å². The lowest BCUT2D eigenvalue weighted by atomic mass is 9.55. The van der Waals surface area contributed by atoms with Crippen molar-refractivity contribution < 1.29 is 24.2 Å². The second-order valence-corrected chi connectivity index (χ2v) is 8.45. The highest BCUT2D eigenvalue weighted by molar-refractivity contribution is 6.23. The summed E-state index contributed by atoms with van der Waals surface area (Å²) in [5.74, 6) is -2.21. The molecule has 3 aliphatic carbocycles. The largest absolute Gasteiger partial charge is 0.482 e. The Morgan fingerprint density at radius 1 is 0.750 bits per heavy atom. The number of ether oxygens (including phenoxy) is 1. The van der Waals surface area contributed by atoms with Crippen LogP contribution in [0.2, 0.25) is 0 Å². The van der Waals surface area contributed by atoms with Crippen molar-refractivity contribution in [3.63, 3.8) is 0 Å². The lowest BCUT2D eigenvalue weighted by Gasteiger charge is -2.45. The standard InChI is InChI=1S/C26H19NO5/c28-20(29)13-32-15-11-9-14(10-12-15)27-25(30)23-21-16-5-1-2-6-17(16)22(24(23)26(27)31)19-8-4-3-7-18(19)21/h1-12,21-24H,13H2,(H,28,29)/t21?,22?,23-,24+. The van der Waals surface area contributed by atoms with Crippen LogP contribution in [0.15, 0.2) is 72.8 Å². The van der Waals surface area contributed by atoms with E-state index < -0.39 is 24.4 Å². The van der Waals surface area contributed by atoms with E-state index in [9.17, 15) is 14.4 Å². The number of carboxylic acids is 1. The van der Waals surface area contributed by atoms with E-state index in [0.717, 1.165) is 22.3 Å². The number of carbonyl (C=O) groups is 3. The number of aliphatic carboxylic acids is 1. The maximum atomic E-state index is 13.7. The number of hydrogen-bond donors (Lipinski definition) is 1. The van der Waals surface area contributed by atoms with Gasteiger partial charge in [-0.3, -0.25) is 9.59 Å². The van der Waals surface area contributed by atoms with Crippen molar-refractivity contribution in [2.45, 2.75) is 11.8 Å². The summed E-state index contributed by atoms with van der Waals surface area (Å²) < 4.78 is 5.17. The summed E-state index contributed by atoms with van der Waals surface area (Å²) in [7, 11) is 0. The van der Waals surface area contributed by atoms with Gasteiger partial charge in [-0.25, -0.2) is 9.69 Å². The molecule has 6 nitrogen and oxygen atoms in total. The van der Waals surface area contributed by atoms with Gasteiger partial charge in [0.05, 0.1) is 17.5 Å². The summed E-state index contributed by atoms with van der Waals surface area (Å²) in [6.07, 6.45) is 0. The Bertz CT molecular complexity index is 1170. The molecule has 4 aliphatic rings. The highest BCUT2D eigenvalue weighted by Gasteiger charge is 2.61. The number of carbonyl (C=O) groups excluding carboxylic acids is 2. The molecule has 0 saturated carbocycles. The fourth-order valence-electron chi connectivity index (χ4n) is 5.77. The number of rotatable bonds is 4. The van der Waals surface area contributed by atoms with E-state index >= 15 is 0 Å². The van der Waals surface area contributed by atoms with Crippen LogP contribution in [0.25, 0.3) is 0 Å². The van der Waals surface area contributed by atoms with Crippen molar-refractivity contribution in [1.82, 2.24) is 0 Å². The van der Waals surface area contributed by atoms with Crippen LogP contribution >= 0.6 is 0 Å². The predicted octanol–water partition coefficient (Wildman–Crippen LogP) is 3.55. The van der Waals surface area contributed by atoms with Crippen molar-refractivity contribution in [3.8, 4) is 5.75 Å². The van der Waals surface area contributed by atoms with E-state index in [1.54, 1.807) is 24.3 Å². The Hall–Kier alpha value is -3.93. The molecule has 3 aromatic carbocycles. The molecule has 1 saturated heterocycles. The summed E-state index contributed by atoms with van der Waals surface area (Å²) in [6, 6.07) is 22.7. The summed E-state index contributed by atoms with van der Waals surface area (Å²) in [6.45, 7) is -0.453. The minimum atomic E-state index is -1.07. The Kier molecular flexibility index (Phi) is 3.99. The fourth-order valence-corrected chi connectivity index (χ4v) is 5.77. The van der Waals surface area contributed by atoms with Crippen molar-refractivity contribution in [1.29, 1.82) is 0 Å². The number of nitrogens with zero attached hydrogens (tertiary/aromatic N) is 1. The van der Waals surface area contributed by atoms with E-state index in [2.05, 4.69) is 24.3 Å². The normalized spacial score (nSPS) is 24.7. The smallest absolute Gasteiger partial charge is 0.341 e. The predicted molar refractivity (Wildman–Crippen MR) is 116 cm³/mol. The quantitative estimate of drug-likeness (QED) is 0.647. The third kappa shape index (κ3) is 2.49. The third-order valence-electron chi connectivity index (χ3n) is 6.91. The van der Waals surface area contributed by atoms with Gasteiger partial charge >= 0.3 is 5.97 Å². The molecule has 6 heteroatoms. The van der Waals surface area contributed by atoms with Crippen LogP contribution in [0, 0.1) is 11.8 Å². The molecule has 1 aliphatic heterocycles. The lowest BCUT2D eigenvalue weighted by Crippen LogP contribution is -2.41. The molecule has 1 fully saturated rings. The van der Waals surface area contributed by atoms with E-state index in [4.69, 9.17) is 9.84 Å². The molecule has 1 heterocycles. The van der Waals surface area contributed by atoms with Gasteiger partial charge in [0, 0.05) is 11.8 Å². The van der Waals surface area contributed by atoms with Crippen molar-refractivity contribution >= 4 is 23.5 Å². The molecule has 158 valence electrons. The van der Waals surface area contributed by atoms with Crippen molar-refractivity contribution in [3.05, 3.63) is 95.1 Å². The Balaban J connectivity index is 1.41. The highest BCUT2D eigenvalue weighted by atomic mass is 16.5. The van der Waals surface area contributed by atoms with E-state index in [1.807, 2.05) is 24.3 Å². The number of anilines is 1. The zero-order chi connectivity index (χ0) is 22.0. The lowest BCUT2D eigenvalue weighted by molar-refractivity contribution is -0.139. The molecule has 0 spiro atoms. The molecule has 3 aromatic rings. The van der Waals surface area contributed by atoms with Gasteiger partial charge in [-0.1, -0.05) is 48.5 Å². The maximum Gasteiger partial charge on any atom is 0.341 e. The zero-order valence-corrected chi connectivity index (χ0v) is 17.0. The SMILES string of the molecule is O=C(O)COc1ccc(N2C(=O)[C@@H]3C4c5ccccc5C(c5ccccc54)[C@@H]3C2=O)cc1. The highest BCUT2D eigenvalue weighted by Crippen LogP contribution is 2.61.